The summed E-state index contributed by atoms with van der Waals surface area (Å²) in [5.74, 6) is -0.925. The molecule has 0 aromatic rings. The average molecular weight is 264 g/mol. The fourth-order valence-corrected chi connectivity index (χ4v) is 2.34. The molecule has 5 nitrogen and oxygen atoms in total. The van der Waals surface area contributed by atoms with E-state index in [4.69, 9.17) is 0 Å². The number of carbonyl (C=O) groups excluding carboxylic acids is 1. The van der Waals surface area contributed by atoms with Crippen molar-refractivity contribution in [2.75, 3.05) is 6.54 Å². The lowest BCUT2D eigenvalue weighted by atomic mass is 9.76. The molecule has 1 aliphatic rings. The van der Waals surface area contributed by atoms with E-state index < -0.39 is 30.5 Å². The van der Waals surface area contributed by atoms with Crippen LogP contribution in [0.5, 0.6) is 0 Å². The van der Waals surface area contributed by atoms with Crippen LogP contribution in [0.1, 0.15) is 32.6 Å². The van der Waals surface area contributed by atoms with Crippen LogP contribution in [0.15, 0.2) is 0 Å². The smallest absolute Gasteiger partial charge is 0.329 e. The predicted molar refractivity (Wildman–Crippen MR) is 60.5 cm³/mol. The molecule has 0 radical (unpaired) electrons. The van der Waals surface area contributed by atoms with Gasteiger partial charge in [0.15, 0.2) is 0 Å². The quantitative estimate of drug-likeness (QED) is 0.721. The van der Waals surface area contributed by atoms with Crippen LogP contribution in [-0.4, -0.2) is 35.6 Å². The highest BCUT2D eigenvalue weighted by atomic mass is 19.3. The summed E-state index contributed by atoms with van der Waals surface area (Å²) in [5.41, 5.74) is -1.33. The predicted octanol–water partition coefficient (Wildman–Crippen LogP) is 1.58. The number of alkyl halides is 2. The van der Waals surface area contributed by atoms with Crippen LogP contribution < -0.4 is 10.6 Å². The van der Waals surface area contributed by atoms with Gasteiger partial charge in [0.25, 0.3) is 6.43 Å². The topological polar surface area (TPSA) is 78.4 Å². The zero-order chi connectivity index (χ0) is 13.8. The molecule has 2 unspecified atom stereocenters. The van der Waals surface area contributed by atoms with Crippen LogP contribution in [0, 0.1) is 5.92 Å². The second-order valence-corrected chi connectivity index (χ2v) is 4.81. The first kappa shape index (κ1) is 14.7. The zero-order valence-electron chi connectivity index (χ0n) is 10.2. The van der Waals surface area contributed by atoms with Gasteiger partial charge in [0.05, 0.1) is 6.54 Å². The van der Waals surface area contributed by atoms with Gasteiger partial charge in [0.2, 0.25) is 0 Å². The fourth-order valence-electron chi connectivity index (χ4n) is 2.34. The number of halogens is 2. The molecule has 0 bridgehead atoms. The fraction of sp³-hybridized carbons (Fsp3) is 0.818. The first-order valence-electron chi connectivity index (χ1n) is 5.93. The van der Waals surface area contributed by atoms with Crippen molar-refractivity contribution in [1.82, 2.24) is 10.6 Å². The van der Waals surface area contributed by atoms with Gasteiger partial charge in [-0.15, -0.1) is 0 Å². The minimum atomic E-state index is -2.65. The minimum absolute atomic E-state index is 0.185. The molecule has 7 heteroatoms. The van der Waals surface area contributed by atoms with Gasteiger partial charge in [0.1, 0.15) is 5.54 Å². The van der Waals surface area contributed by atoms with Gasteiger partial charge in [0, 0.05) is 0 Å². The first-order valence-corrected chi connectivity index (χ1v) is 5.93. The van der Waals surface area contributed by atoms with Crippen LogP contribution in [0.4, 0.5) is 13.6 Å². The molecule has 0 aliphatic heterocycles. The van der Waals surface area contributed by atoms with Crippen molar-refractivity contribution < 1.29 is 23.5 Å². The first-order chi connectivity index (χ1) is 8.35. The number of nitrogens with one attached hydrogen (secondary N) is 2. The maximum atomic E-state index is 11.9. The van der Waals surface area contributed by atoms with E-state index >= 15 is 0 Å². The molecule has 0 aromatic carbocycles. The van der Waals surface area contributed by atoms with E-state index in [0.717, 1.165) is 6.42 Å². The monoisotopic (exact) mass is 264 g/mol. The Morgan fingerprint density at radius 3 is 2.67 bits per heavy atom. The summed E-state index contributed by atoms with van der Waals surface area (Å²) in [6.07, 6.45) is -0.390. The molecular weight excluding hydrogens is 246 g/mol. The van der Waals surface area contributed by atoms with Crippen molar-refractivity contribution in [3.05, 3.63) is 0 Å². The van der Waals surface area contributed by atoms with Crippen LogP contribution in [0.2, 0.25) is 0 Å². The Morgan fingerprint density at radius 2 is 2.17 bits per heavy atom. The molecule has 2 amide bonds. The maximum Gasteiger partial charge on any atom is 0.329 e. The van der Waals surface area contributed by atoms with Crippen molar-refractivity contribution in [3.63, 3.8) is 0 Å². The molecule has 1 saturated carbocycles. The van der Waals surface area contributed by atoms with E-state index in [1.165, 1.54) is 0 Å². The molecule has 0 saturated heterocycles. The second-order valence-electron chi connectivity index (χ2n) is 4.81. The van der Waals surface area contributed by atoms with Gasteiger partial charge in [-0.1, -0.05) is 19.8 Å². The Labute approximate surface area is 104 Å². The Morgan fingerprint density at radius 1 is 1.50 bits per heavy atom. The molecule has 1 fully saturated rings. The molecule has 0 aromatic heterocycles. The van der Waals surface area contributed by atoms with Gasteiger partial charge in [-0.3, -0.25) is 0 Å². The van der Waals surface area contributed by atoms with E-state index in [9.17, 15) is 23.5 Å². The summed E-state index contributed by atoms with van der Waals surface area (Å²) in [7, 11) is 0. The van der Waals surface area contributed by atoms with Gasteiger partial charge in [-0.25, -0.2) is 18.4 Å². The number of hydrogen-bond donors (Lipinski definition) is 3. The lowest BCUT2D eigenvalue weighted by molar-refractivity contribution is -0.146. The van der Waals surface area contributed by atoms with Crippen molar-refractivity contribution in [3.8, 4) is 0 Å². The molecule has 1 aliphatic carbocycles. The van der Waals surface area contributed by atoms with Gasteiger partial charge in [-0.05, 0) is 18.8 Å². The number of urea groups is 1. The normalized spacial score (nSPS) is 27.9. The molecule has 2 atom stereocenters. The molecule has 104 valence electrons. The second kappa shape index (κ2) is 5.97. The number of carboxylic acids is 1. The van der Waals surface area contributed by atoms with E-state index in [1.54, 1.807) is 0 Å². The van der Waals surface area contributed by atoms with E-state index in [-0.39, 0.29) is 5.92 Å². The largest absolute Gasteiger partial charge is 0.480 e. The third-order valence-electron chi connectivity index (χ3n) is 3.18. The van der Waals surface area contributed by atoms with Gasteiger partial charge >= 0.3 is 12.0 Å². The molecule has 1 rings (SSSR count). The Balaban J connectivity index is 2.62. The molecule has 0 heterocycles. The summed E-state index contributed by atoms with van der Waals surface area (Å²) in [6, 6.07) is -0.855. The highest BCUT2D eigenvalue weighted by Crippen LogP contribution is 2.32. The van der Waals surface area contributed by atoms with Crippen LogP contribution in [-0.2, 0) is 4.79 Å². The Kier molecular flexibility index (Phi) is 4.86. The van der Waals surface area contributed by atoms with Crippen molar-refractivity contribution in [2.45, 2.75) is 44.6 Å². The van der Waals surface area contributed by atoms with E-state index in [2.05, 4.69) is 5.32 Å². The lowest BCUT2D eigenvalue weighted by Gasteiger charge is -2.36. The molecule has 3 N–H and O–H groups in total. The SMILES string of the molecule is CC1CCCC(NC(=O)NCC(F)F)(C(=O)O)C1. The van der Waals surface area contributed by atoms with Crippen molar-refractivity contribution in [1.29, 1.82) is 0 Å². The summed E-state index contributed by atoms with van der Waals surface area (Å²) >= 11 is 0. The average Bonchev–Trinajstić information content (AvgIpc) is 2.26. The van der Waals surface area contributed by atoms with Gasteiger partial charge < -0.3 is 15.7 Å². The summed E-state index contributed by atoms with van der Waals surface area (Å²) in [4.78, 5) is 22.7. The lowest BCUT2D eigenvalue weighted by Crippen LogP contribution is -2.59. The standard InChI is InChI=1S/C11H18F2N2O3/c1-7-3-2-4-11(5-7,9(16)17)15-10(18)14-6-8(12)13/h7-8H,2-6H2,1H3,(H,16,17)(H2,14,15,18). The number of amides is 2. The number of carbonyl (C=O) groups is 2. The number of carboxylic acid groups (broad SMARTS) is 1. The number of rotatable bonds is 4. The van der Waals surface area contributed by atoms with Gasteiger partial charge in [-0.2, -0.15) is 0 Å². The highest BCUT2D eigenvalue weighted by Gasteiger charge is 2.43. The summed E-state index contributed by atoms with van der Waals surface area (Å²) in [6.45, 7) is 1.13. The Hall–Kier alpha value is -1.40. The minimum Gasteiger partial charge on any atom is -0.480 e. The van der Waals surface area contributed by atoms with E-state index in [0.29, 0.717) is 19.3 Å². The van der Waals surface area contributed by atoms with E-state index in [1.807, 2.05) is 12.2 Å². The number of hydrogen-bond acceptors (Lipinski definition) is 2. The summed E-state index contributed by atoms with van der Waals surface area (Å²) in [5, 5.41) is 13.5. The third-order valence-corrected chi connectivity index (χ3v) is 3.18. The molecule has 18 heavy (non-hydrogen) atoms. The summed E-state index contributed by atoms with van der Waals surface area (Å²) < 4.78 is 23.9. The maximum absolute atomic E-state index is 11.9. The van der Waals surface area contributed by atoms with Crippen LogP contribution >= 0.6 is 0 Å². The third kappa shape index (κ3) is 3.82. The van der Waals surface area contributed by atoms with Crippen molar-refractivity contribution in [2.24, 2.45) is 5.92 Å². The van der Waals surface area contributed by atoms with Crippen molar-refractivity contribution >= 4 is 12.0 Å². The van der Waals surface area contributed by atoms with Crippen LogP contribution in [0.3, 0.4) is 0 Å². The molecule has 0 spiro atoms. The molecular formula is C11H18F2N2O3. The Bertz CT molecular complexity index is 325. The number of aliphatic carboxylic acids is 1. The zero-order valence-corrected chi connectivity index (χ0v) is 10.2. The van der Waals surface area contributed by atoms with Crippen LogP contribution in [0.25, 0.3) is 0 Å². The highest BCUT2D eigenvalue weighted by molar-refractivity contribution is 5.86.